The van der Waals surface area contributed by atoms with Gasteiger partial charge in [-0.3, -0.25) is 25.0 Å². The molecule has 1 aromatic rings. The molecule has 4 fully saturated rings. The minimum absolute atomic E-state index is 0.0863. The molecule has 6 atom stereocenters. The topological polar surface area (TPSA) is 103 Å². The maximum atomic E-state index is 15.0. The Labute approximate surface area is 267 Å². The number of carbonyl (C=O) groups excluding carboxylic acids is 3. The van der Waals surface area contributed by atoms with Gasteiger partial charge in [0.15, 0.2) is 0 Å². The van der Waals surface area contributed by atoms with Crippen LogP contribution in [0.2, 0.25) is 0 Å². The van der Waals surface area contributed by atoms with Gasteiger partial charge in [-0.15, -0.1) is 0 Å². The molecule has 4 aliphatic rings. The summed E-state index contributed by atoms with van der Waals surface area (Å²) in [6.45, 7) is 7.84. The number of benzene rings is 1. The third-order valence-corrected chi connectivity index (χ3v) is 11.0. The fraction of sp³-hybridized carbons (Fsp3) is 0.743. The molecule has 2 aliphatic carbocycles. The second kappa shape index (κ2) is 14.4. The second-order valence-corrected chi connectivity index (χ2v) is 14.5. The number of fused-ring (bicyclic) bond motifs is 1. The van der Waals surface area contributed by atoms with Crippen LogP contribution < -0.4 is 21.3 Å². The summed E-state index contributed by atoms with van der Waals surface area (Å²) in [6, 6.07) is 1.86. The molecule has 0 radical (unpaired) electrons. The van der Waals surface area contributed by atoms with Crippen LogP contribution in [0.15, 0.2) is 18.2 Å². The molecule has 8 nitrogen and oxygen atoms in total. The first kappa shape index (κ1) is 33.8. The van der Waals surface area contributed by atoms with Crippen LogP contribution in [-0.4, -0.2) is 60.0 Å². The van der Waals surface area contributed by atoms with Crippen LogP contribution in [0.25, 0.3) is 0 Å². The standard InChI is InChI=1S/C35H53F2N5O3/c1-23(2)12-15-31(43)40-29(20-32(44)42-17-9-4-5-10-18-42)33(45)39-24(3)35(34-16-8-6-7-11-25(34)21-34)38-22-30(41-35)27-14-13-26(36)19-28(27)37/h13-14,19,23-25,29-30,38,41H,4-12,15-18,20-22H2,1-3H3,(H,39,45)(H,40,43)/t24-,25?,29-,30?,34?,35?/m0/s1. The van der Waals surface area contributed by atoms with Gasteiger partial charge in [0.25, 0.3) is 0 Å². The van der Waals surface area contributed by atoms with Crippen LogP contribution in [-0.2, 0) is 14.4 Å². The van der Waals surface area contributed by atoms with Gasteiger partial charge in [0, 0.05) is 49.1 Å². The predicted molar refractivity (Wildman–Crippen MR) is 170 cm³/mol. The highest BCUT2D eigenvalue weighted by atomic mass is 19.1. The number of likely N-dealkylation sites (tertiary alicyclic amines) is 1. The lowest BCUT2D eigenvalue weighted by Crippen LogP contribution is -2.69. The molecule has 0 spiro atoms. The molecule has 2 saturated carbocycles. The number of nitrogens with zero attached hydrogens (tertiary/aromatic N) is 1. The normalized spacial score (nSPS) is 29.7. The van der Waals surface area contributed by atoms with E-state index in [0.29, 0.717) is 43.5 Å². The first-order chi connectivity index (χ1) is 21.5. The summed E-state index contributed by atoms with van der Waals surface area (Å²) in [4.78, 5) is 42.3. The van der Waals surface area contributed by atoms with Crippen molar-refractivity contribution in [1.82, 2.24) is 26.2 Å². The number of rotatable bonds is 11. The van der Waals surface area contributed by atoms with E-state index in [0.717, 1.165) is 63.9 Å². The van der Waals surface area contributed by atoms with Crippen molar-refractivity contribution < 1.29 is 23.2 Å². The van der Waals surface area contributed by atoms with E-state index in [4.69, 9.17) is 0 Å². The fourth-order valence-corrected chi connectivity index (χ4v) is 8.34. The Hall–Kier alpha value is -2.59. The van der Waals surface area contributed by atoms with Crippen LogP contribution in [0, 0.1) is 28.9 Å². The van der Waals surface area contributed by atoms with E-state index >= 15 is 0 Å². The average Bonchev–Trinajstić information content (AvgIpc) is 3.67. The number of carbonyl (C=O) groups is 3. The van der Waals surface area contributed by atoms with Crippen molar-refractivity contribution in [1.29, 1.82) is 0 Å². The monoisotopic (exact) mass is 629 g/mol. The number of hydrogen-bond donors (Lipinski definition) is 4. The van der Waals surface area contributed by atoms with Gasteiger partial charge in [-0.05, 0) is 63.4 Å². The summed E-state index contributed by atoms with van der Waals surface area (Å²) in [7, 11) is 0. The summed E-state index contributed by atoms with van der Waals surface area (Å²) in [5, 5.41) is 13.5. The lowest BCUT2D eigenvalue weighted by Gasteiger charge is -2.45. The Morgan fingerprint density at radius 2 is 1.73 bits per heavy atom. The minimum atomic E-state index is -0.992. The summed E-state index contributed by atoms with van der Waals surface area (Å²) < 4.78 is 28.7. The molecule has 4 N–H and O–H groups in total. The van der Waals surface area contributed by atoms with Crippen molar-refractivity contribution >= 4 is 17.7 Å². The van der Waals surface area contributed by atoms with Gasteiger partial charge < -0.3 is 15.5 Å². The van der Waals surface area contributed by atoms with Crippen LogP contribution in [0.5, 0.6) is 0 Å². The van der Waals surface area contributed by atoms with E-state index in [1.54, 1.807) is 0 Å². The molecular weight excluding hydrogens is 576 g/mol. The van der Waals surface area contributed by atoms with Crippen LogP contribution in [0.1, 0.15) is 116 Å². The first-order valence-electron chi connectivity index (χ1n) is 17.4. The Morgan fingerprint density at radius 3 is 2.44 bits per heavy atom. The Bertz CT molecular complexity index is 1220. The minimum Gasteiger partial charge on any atom is -0.349 e. The predicted octanol–water partition coefficient (Wildman–Crippen LogP) is 5.08. The number of nitrogens with one attached hydrogen (secondary N) is 4. The van der Waals surface area contributed by atoms with E-state index in [9.17, 15) is 23.2 Å². The third kappa shape index (κ3) is 7.53. The lowest BCUT2D eigenvalue weighted by molar-refractivity contribution is -0.136. The summed E-state index contributed by atoms with van der Waals surface area (Å²) in [6.07, 6.45) is 11.5. The zero-order chi connectivity index (χ0) is 32.2. The maximum Gasteiger partial charge on any atom is 0.243 e. The van der Waals surface area contributed by atoms with E-state index < -0.39 is 35.4 Å². The van der Waals surface area contributed by atoms with Gasteiger partial charge in [0.1, 0.15) is 17.7 Å². The molecule has 1 aromatic carbocycles. The summed E-state index contributed by atoms with van der Waals surface area (Å²) in [5.74, 6) is -1.12. The molecule has 0 bridgehead atoms. The van der Waals surface area contributed by atoms with Crippen LogP contribution in [0.4, 0.5) is 8.78 Å². The number of amides is 3. The van der Waals surface area contributed by atoms with Crippen molar-refractivity contribution in [3.05, 3.63) is 35.4 Å². The molecule has 3 amide bonds. The van der Waals surface area contributed by atoms with Gasteiger partial charge in [-0.25, -0.2) is 8.78 Å². The molecule has 2 saturated heterocycles. The Balaban J connectivity index is 1.37. The smallest absolute Gasteiger partial charge is 0.243 e. The van der Waals surface area contributed by atoms with Crippen molar-refractivity contribution in [3.8, 4) is 0 Å². The summed E-state index contributed by atoms with van der Waals surface area (Å²) >= 11 is 0. The second-order valence-electron chi connectivity index (χ2n) is 14.5. The first-order valence-corrected chi connectivity index (χ1v) is 17.4. The van der Waals surface area contributed by atoms with Gasteiger partial charge in [-0.1, -0.05) is 52.0 Å². The van der Waals surface area contributed by atoms with Crippen molar-refractivity contribution in [2.45, 2.75) is 128 Å². The van der Waals surface area contributed by atoms with Crippen molar-refractivity contribution in [2.24, 2.45) is 17.3 Å². The highest BCUT2D eigenvalue weighted by molar-refractivity contribution is 5.92. The SMILES string of the molecule is CC(C)CCC(=O)N[C@@H](CC(=O)N1CCCCCC1)C(=O)N[C@@H](C)C1(C23CCCCCC2C3)NCC(c2ccc(F)cc2F)N1. The highest BCUT2D eigenvalue weighted by Gasteiger charge is 2.69. The quantitative estimate of drug-likeness (QED) is 0.274. The molecular formula is C35H53F2N5O3. The average molecular weight is 630 g/mol. The molecule has 45 heavy (non-hydrogen) atoms. The van der Waals surface area contributed by atoms with Crippen LogP contribution in [0.3, 0.4) is 0 Å². The fourth-order valence-electron chi connectivity index (χ4n) is 8.34. The van der Waals surface area contributed by atoms with E-state index in [-0.39, 0.29) is 36.0 Å². The molecule has 2 aliphatic heterocycles. The molecule has 0 aromatic heterocycles. The number of hydrogen-bond acceptors (Lipinski definition) is 5. The Morgan fingerprint density at radius 1 is 1.00 bits per heavy atom. The zero-order valence-corrected chi connectivity index (χ0v) is 27.4. The highest BCUT2D eigenvalue weighted by Crippen LogP contribution is 2.66. The number of halogens is 2. The molecule has 2 heterocycles. The molecule has 5 rings (SSSR count). The van der Waals surface area contributed by atoms with E-state index in [1.807, 2.05) is 25.7 Å². The summed E-state index contributed by atoms with van der Waals surface area (Å²) in [5.41, 5.74) is -0.464. The van der Waals surface area contributed by atoms with Crippen LogP contribution >= 0.6 is 0 Å². The third-order valence-electron chi connectivity index (χ3n) is 11.0. The molecule has 4 unspecified atom stereocenters. The largest absolute Gasteiger partial charge is 0.349 e. The molecule has 10 heteroatoms. The van der Waals surface area contributed by atoms with Gasteiger partial charge in [-0.2, -0.15) is 0 Å². The van der Waals surface area contributed by atoms with Crippen molar-refractivity contribution in [3.63, 3.8) is 0 Å². The van der Waals surface area contributed by atoms with Gasteiger partial charge in [0.05, 0.1) is 18.1 Å². The van der Waals surface area contributed by atoms with Gasteiger partial charge in [0.2, 0.25) is 17.7 Å². The van der Waals surface area contributed by atoms with Crippen molar-refractivity contribution in [2.75, 3.05) is 19.6 Å². The van der Waals surface area contributed by atoms with E-state index in [2.05, 4.69) is 21.3 Å². The van der Waals surface area contributed by atoms with Gasteiger partial charge >= 0.3 is 0 Å². The zero-order valence-electron chi connectivity index (χ0n) is 27.4. The van der Waals surface area contributed by atoms with E-state index in [1.165, 1.54) is 18.6 Å². The maximum absolute atomic E-state index is 15.0. The Kier molecular flexibility index (Phi) is 10.8. The molecule has 250 valence electrons. The lowest BCUT2D eigenvalue weighted by atomic mass is 9.78.